The molecule has 0 spiro atoms. The maximum atomic E-state index is 11.8. The van der Waals surface area contributed by atoms with Crippen LogP contribution in [0.2, 0.25) is 0 Å². The van der Waals surface area contributed by atoms with Crippen LogP contribution in [0.5, 0.6) is 0 Å². The summed E-state index contributed by atoms with van der Waals surface area (Å²) in [6.45, 7) is 0. The third kappa shape index (κ3) is 3.28. The number of nitrogens with zero attached hydrogens (tertiary/aromatic N) is 1. The molecule has 2 amide bonds. The first-order valence-electron chi connectivity index (χ1n) is 7.10. The summed E-state index contributed by atoms with van der Waals surface area (Å²) in [7, 11) is 0. The highest BCUT2D eigenvalue weighted by atomic mass is 16.2. The van der Waals surface area contributed by atoms with Gasteiger partial charge in [0.05, 0.1) is 5.71 Å². The molecule has 0 bridgehead atoms. The molecule has 2 aromatic carbocycles. The van der Waals surface area contributed by atoms with Crippen molar-refractivity contribution in [2.24, 2.45) is 5.10 Å². The number of anilines is 1. The normalized spacial score (nSPS) is 15.3. The lowest BCUT2D eigenvalue weighted by Crippen LogP contribution is -2.26. The van der Waals surface area contributed by atoms with E-state index >= 15 is 0 Å². The fourth-order valence-electron chi connectivity index (χ4n) is 2.52. The standard InChI is InChI=1S/C17H17N3O/c21-17(18-14-9-2-1-3-10-14)20-19-16-12-6-8-13-7-4-5-11-15(13)16/h1-5,7,9-11H,6,8,12H2,(H2,18,20,21)/b19-16-. The van der Waals surface area contributed by atoms with Gasteiger partial charge >= 0.3 is 6.03 Å². The average Bonchev–Trinajstić information content (AvgIpc) is 2.54. The van der Waals surface area contributed by atoms with Crippen LogP contribution in [0.3, 0.4) is 0 Å². The second-order valence-corrected chi connectivity index (χ2v) is 5.00. The van der Waals surface area contributed by atoms with Gasteiger partial charge < -0.3 is 5.32 Å². The Hall–Kier alpha value is -2.62. The smallest absolute Gasteiger partial charge is 0.307 e. The highest BCUT2D eigenvalue weighted by molar-refractivity contribution is 6.03. The van der Waals surface area contributed by atoms with Gasteiger partial charge in [-0.3, -0.25) is 0 Å². The van der Waals surface area contributed by atoms with Crippen LogP contribution in [-0.2, 0) is 6.42 Å². The molecule has 2 aromatic rings. The Morgan fingerprint density at radius 3 is 2.57 bits per heavy atom. The lowest BCUT2D eigenvalue weighted by Gasteiger charge is -2.17. The summed E-state index contributed by atoms with van der Waals surface area (Å²) < 4.78 is 0. The summed E-state index contributed by atoms with van der Waals surface area (Å²) in [6.07, 6.45) is 3.03. The largest absolute Gasteiger partial charge is 0.339 e. The van der Waals surface area contributed by atoms with Crippen molar-refractivity contribution in [1.82, 2.24) is 5.43 Å². The van der Waals surface area contributed by atoms with Crippen molar-refractivity contribution in [1.29, 1.82) is 0 Å². The molecule has 106 valence electrons. The Balaban J connectivity index is 1.68. The van der Waals surface area contributed by atoms with Crippen LogP contribution in [0, 0.1) is 0 Å². The summed E-state index contributed by atoms with van der Waals surface area (Å²) >= 11 is 0. The average molecular weight is 279 g/mol. The van der Waals surface area contributed by atoms with Crippen LogP contribution in [0.25, 0.3) is 0 Å². The monoisotopic (exact) mass is 279 g/mol. The molecule has 2 N–H and O–H groups in total. The number of rotatable bonds is 2. The number of carbonyl (C=O) groups is 1. The fourth-order valence-corrected chi connectivity index (χ4v) is 2.52. The fraction of sp³-hybridized carbons (Fsp3) is 0.176. The van der Waals surface area contributed by atoms with E-state index in [0.29, 0.717) is 0 Å². The van der Waals surface area contributed by atoms with Gasteiger partial charge in [0.2, 0.25) is 0 Å². The Morgan fingerprint density at radius 2 is 1.71 bits per heavy atom. The molecule has 3 rings (SSSR count). The van der Waals surface area contributed by atoms with E-state index < -0.39 is 0 Å². The van der Waals surface area contributed by atoms with Crippen molar-refractivity contribution in [2.45, 2.75) is 19.3 Å². The van der Waals surface area contributed by atoms with Crippen LogP contribution in [0.1, 0.15) is 24.0 Å². The van der Waals surface area contributed by atoms with E-state index in [1.807, 2.05) is 42.5 Å². The molecule has 0 aromatic heterocycles. The number of amides is 2. The third-order valence-electron chi connectivity index (χ3n) is 3.51. The van der Waals surface area contributed by atoms with E-state index in [2.05, 4.69) is 28.0 Å². The highest BCUT2D eigenvalue weighted by Crippen LogP contribution is 2.21. The molecule has 4 heteroatoms. The zero-order valence-electron chi connectivity index (χ0n) is 11.7. The number of aryl methyl sites for hydroxylation is 1. The molecule has 0 heterocycles. The quantitative estimate of drug-likeness (QED) is 0.812. The maximum Gasteiger partial charge on any atom is 0.339 e. The molecule has 1 aliphatic carbocycles. The van der Waals surface area contributed by atoms with E-state index in [-0.39, 0.29) is 6.03 Å². The van der Waals surface area contributed by atoms with Gasteiger partial charge in [0.1, 0.15) is 0 Å². The minimum absolute atomic E-state index is 0.322. The molecular weight excluding hydrogens is 262 g/mol. The molecular formula is C17H17N3O. The van der Waals surface area contributed by atoms with E-state index in [9.17, 15) is 4.79 Å². The Bertz CT molecular complexity index is 665. The van der Waals surface area contributed by atoms with Crippen molar-refractivity contribution in [3.8, 4) is 0 Å². The predicted octanol–water partition coefficient (Wildman–Crippen LogP) is 3.55. The molecule has 21 heavy (non-hydrogen) atoms. The number of carbonyl (C=O) groups excluding carboxylic acids is 1. The van der Waals surface area contributed by atoms with Crippen LogP contribution >= 0.6 is 0 Å². The van der Waals surface area contributed by atoms with Crippen molar-refractivity contribution < 1.29 is 4.79 Å². The SMILES string of the molecule is O=C(N/N=C1/CCCc2ccccc21)Nc1ccccc1. The lowest BCUT2D eigenvalue weighted by atomic mass is 9.90. The second-order valence-electron chi connectivity index (χ2n) is 5.00. The minimum Gasteiger partial charge on any atom is -0.307 e. The number of hydrazone groups is 1. The molecule has 0 saturated carbocycles. The minimum atomic E-state index is -0.322. The number of nitrogens with one attached hydrogen (secondary N) is 2. The van der Waals surface area contributed by atoms with Gasteiger partial charge in [0.25, 0.3) is 0 Å². The number of hydrogen-bond acceptors (Lipinski definition) is 2. The van der Waals surface area contributed by atoms with Gasteiger partial charge in [0, 0.05) is 11.3 Å². The topological polar surface area (TPSA) is 53.5 Å². The molecule has 0 aliphatic heterocycles. The zero-order chi connectivity index (χ0) is 14.5. The Kier molecular flexibility index (Phi) is 3.96. The van der Waals surface area contributed by atoms with Crippen LogP contribution in [-0.4, -0.2) is 11.7 Å². The number of benzene rings is 2. The summed E-state index contributed by atoms with van der Waals surface area (Å²) in [5, 5.41) is 7.02. The van der Waals surface area contributed by atoms with Gasteiger partial charge in [-0.25, -0.2) is 10.2 Å². The molecule has 0 saturated heterocycles. The van der Waals surface area contributed by atoms with E-state index in [0.717, 1.165) is 36.2 Å². The summed E-state index contributed by atoms with van der Waals surface area (Å²) in [5.41, 5.74) is 6.71. The maximum absolute atomic E-state index is 11.8. The molecule has 0 unspecified atom stereocenters. The van der Waals surface area contributed by atoms with E-state index in [1.165, 1.54) is 5.56 Å². The Morgan fingerprint density at radius 1 is 0.952 bits per heavy atom. The lowest BCUT2D eigenvalue weighted by molar-refractivity contribution is 0.252. The van der Waals surface area contributed by atoms with Crippen molar-refractivity contribution in [3.05, 3.63) is 65.7 Å². The molecule has 4 nitrogen and oxygen atoms in total. The first kappa shape index (κ1) is 13.4. The van der Waals surface area contributed by atoms with E-state index in [1.54, 1.807) is 0 Å². The number of urea groups is 1. The van der Waals surface area contributed by atoms with Crippen molar-refractivity contribution in [3.63, 3.8) is 0 Å². The highest BCUT2D eigenvalue weighted by Gasteiger charge is 2.14. The van der Waals surface area contributed by atoms with Gasteiger partial charge in [-0.15, -0.1) is 0 Å². The van der Waals surface area contributed by atoms with E-state index in [4.69, 9.17) is 0 Å². The van der Waals surface area contributed by atoms with Gasteiger partial charge in [0.15, 0.2) is 0 Å². The second kappa shape index (κ2) is 6.22. The molecule has 0 radical (unpaired) electrons. The first-order valence-corrected chi connectivity index (χ1v) is 7.10. The summed E-state index contributed by atoms with van der Waals surface area (Å²) in [4.78, 5) is 11.8. The number of fused-ring (bicyclic) bond motifs is 1. The molecule has 0 fully saturated rings. The van der Waals surface area contributed by atoms with Gasteiger partial charge in [-0.2, -0.15) is 5.10 Å². The van der Waals surface area contributed by atoms with Crippen LogP contribution < -0.4 is 10.7 Å². The van der Waals surface area contributed by atoms with Crippen molar-refractivity contribution in [2.75, 3.05) is 5.32 Å². The van der Waals surface area contributed by atoms with Crippen molar-refractivity contribution >= 4 is 17.4 Å². The summed E-state index contributed by atoms with van der Waals surface area (Å²) in [6, 6.07) is 17.2. The van der Waals surface area contributed by atoms with Crippen LogP contribution in [0.4, 0.5) is 10.5 Å². The Labute approximate surface area is 123 Å². The van der Waals surface area contributed by atoms with Gasteiger partial charge in [-0.1, -0.05) is 42.5 Å². The molecule has 0 atom stereocenters. The number of para-hydroxylation sites is 1. The number of hydrogen-bond donors (Lipinski definition) is 2. The predicted molar refractivity (Wildman–Crippen MR) is 84.5 cm³/mol. The van der Waals surface area contributed by atoms with Crippen LogP contribution in [0.15, 0.2) is 59.7 Å². The first-order chi connectivity index (χ1) is 10.3. The third-order valence-corrected chi connectivity index (χ3v) is 3.51. The zero-order valence-corrected chi connectivity index (χ0v) is 11.7. The summed E-state index contributed by atoms with van der Waals surface area (Å²) in [5.74, 6) is 0. The molecule has 1 aliphatic rings. The van der Waals surface area contributed by atoms with Gasteiger partial charge in [-0.05, 0) is 37.0 Å².